The van der Waals surface area contributed by atoms with E-state index in [-0.39, 0.29) is 0 Å². The van der Waals surface area contributed by atoms with Crippen LogP contribution in [0.15, 0.2) is 18.2 Å². The Hall–Kier alpha value is -1.31. The highest BCUT2D eigenvalue weighted by molar-refractivity contribution is 5.99. The lowest BCUT2D eigenvalue weighted by molar-refractivity contribution is 0.0923. The maximum atomic E-state index is 12.2. The van der Waals surface area contributed by atoms with Crippen molar-refractivity contribution in [2.24, 2.45) is 5.92 Å². The first-order chi connectivity index (χ1) is 7.84. The van der Waals surface area contributed by atoms with Gasteiger partial charge in [-0.1, -0.05) is 25.0 Å². The zero-order valence-corrected chi connectivity index (χ0v) is 9.46. The van der Waals surface area contributed by atoms with Crippen LogP contribution in [-0.4, -0.2) is 12.3 Å². The molecule has 1 aliphatic heterocycles. The van der Waals surface area contributed by atoms with Crippen LogP contribution in [0.1, 0.15) is 41.6 Å². The quantitative estimate of drug-likeness (QED) is 0.768. The average Bonchev–Trinajstić information content (AvgIpc) is 2.98. The predicted octanol–water partition coefficient (Wildman–Crippen LogP) is 3.03. The van der Waals surface area contributed by atoms with Gasteiger partial charge < -0.3 is 5.32 Å². The summed E-state index contributed by atoms with van der Waals surface area (Å²) in [6.07, 6.45) is 5.71. The van der Waals surface area contributed by atoms with Crippen LogP contribution < -0.4 is 5.32 Å². The third-order valence-electron chi connectivity index (χ3n) is 3.83. The number of nitrogens with one attached hydrogen (secondary N) is 1. The van der Waals surface area contributed by atoms with E-state index in [9.17, 15) is 4.79 Å². The summed E-state index contributed by atoms with van der Waals surface area (Å²) in [5, 5.41) is 3.33. The van der Waals surface area contributed by atoms with Gasteiger partial charge in [-0.3, -0.25) is 4.79 Å². The van der Waals surface area contributed by atoms with Gasteiger partial charge in [0.1, 0.15) is 0 Å². The van der Waals surface area contributed by atoms with E-state index in [0.29, 0.717) is 11.7 Å². The maximum absolute atomic E-state index is 12.2. The second-order valence-corrected chi connectivity index (χ2v) is 4.89. The van der Waals surface area contributed by atoms with Crippen LogP contribution >= 0.6 is 0 Å². The van der Waals surface area contributed by atoms with Gasteiger partial charge in [-0.2, -0.15) is 0 Å². The van der Waals surface area contributed by atoms with Crippen molar-refractivity contribution in [2.75, 3.05) is 11.9 Å². The monoisotopic (exact) mass is 215 g/mol. The Morgan fingerprint density at radius 1 is 1.25 bits per heavy atom. The topological polar surface area (TPSA) is 29.1 Å². The average molecular weight is 215 g/mol. The van der Waals surface area contributed by atoms with E-state index in [1.807, 2.05) is 12.1 Å². The van der Waals surface area contributed by atoms with Crippen molar-refractivity contribution in [1.82, 2.24) is 0 Å². The van der Waals surface area contributed by atoms with Crippen LogP contribution in [0.4, 0.5) is 5.69 Å². The molecule has 2 nitrogen and oxygen atoms in total. The molecule has 1 heterocycles. The summed E-state index contributed by atoms with van der Waals surface area (Å²) in [5.74, 6) is 0.647. The molecule has 0 radical (unpaired) electrons. The number of carbonyl (C=O) groups excluding carboxylic acids is 1. The number of ketones is 1. The van der Waals surface area contributed by atoms with E-state index in [0.717, 1.165) is 31.4 Å². The Bertz CT molecular complexity index is 419. The minimum absolute atomic E-state index is 0.291. The summed E-state index contributed by atoms with van der Waals surface area (Å²) in [6.45, 7) is 1.01. The third kappa shape index (κ3) is 1.62. The molecule has 1 fully saturated rings. The van der Waals surface area contributed by atoms with Crippen LogP contribution in [-0.2, 0) is 6.42 Å². The predicted molar refractivity (Wildman–Crippen MR) is 64.9 cm³/mol. The van der Waals surface area contributed by atoms with Crippen molar-refractivity contribution in [3.05, 3.63) is 29.3 Å². The molecule has 0 saturated heterocycles. The van der Waals surface area contributed by atoms with Gasteiger partial charge in [-0.15, -0.1) is 0 Å². The first-order valence-corrected chi connectivity index (χ1v) is 6.25. The molecule has 0 spiro atoms. The fraction of sp³-hybridized carbons (Fsp3) is 0.500. The van der Waals surface area contributed by atoms with Gasteiger partial charge in [0.2, 0.25) is 0 Å². The molecule has 1 aliphatic carbocycles. The van der Waals surface area contributed by atoms with E-state index < -0.39 is 0 Å². The molecular weight excluding hydrogens is 198 g/mol. The molecule has 2 aliphatic rings. The van der Waals surface area contributed by atoms with Crippen molar-refractivity contribution < 1.29 is 4.79 Å². The molecule has 1 aromatic carbocycles. The number of hydrogen-bond acceptors (Lipinski definition) is 2. The van der Waals surface area contributed by atoms with Crippen LogP contribution in [0.3, 0.4) is 0 Å². The number of rotatable bonds is 2. The maximum Gasteiger partial charge on any atom is 0.166 e. The smallest absolute Gasteiger partial charge is 0.166 e. The summed E-state index contributed by atoms with van der Waals surface area (Å²) in [7, 11) is 0. The van der Waals surface area contributed by atoms with Crippen LogP contribution in [0.5, 0.6) is 0 Å². The number of carbonyl (C=O) groups is 1. The van der Waals surface area contributed by atoms with Gasteiger partial charge in [0.15, 0.2) is 5.78 Å². The molecule has 2 heteroatoms. The second kappa shape index (κ2) is 3.93. The zero-order valence-electron chi connectivity index (χ0n) is 9.46. The Morgan fingerprint density at radius 3 is 2.88 bits per heavy atom. The molecule has 0 unspecified atom stereocenters. The fourth-order valence-corrected chi connectivity index (χ4v) is 2.87. The number of Topliss-reactive ketones (excluding diaryl/α,β-unsaturated/α-hetero) is 1. The van der Waals surface area contributed by atoms with Crippen LogP contribution in [0, 0.1) is 5.92 Å². The summed E-state index contributed by atoms with van der Waals surface area (Å²) < 4.78 is 0. The standard InChI is InChI=1S/C14H17NO/c16-14(11-3-1-2-4-11)12-6-5-10-7-8-15-13(10)9-12/h5-6,9,11,15H,1-4,7-8H2. The normalized spacial score (nSPS) is 19.5. The largest absolute Gasteiger partial charge is 0.384 e. The lowest BCUT2D eigenvalue weighted by Gasteiger charge is -2.09. The molecule has 0 atom stereocenters. The Morgan fingerprint density at radius 2 is 2.06 bits per heavy atom. The summed E-state index contributed by atoms with van der Waals surface area (Å²) in [5.41, 5.74) is 3.42. The molecule has 0 aromatic heterocycles. The second-order valence-electron chi connectivity index (χ2n) is 4.89. The van der Waals surface area contributed by atoms with Gasteiger partial charge in [-0.05, 0) is 30.9 Å². The van der Waals surface area contributed by atoms with Gasteiger partial charge in [0.05, 0.1) is 0 Å². The first kappa shape index (κ1) is 9.88. The van der Waals surface area contributed by atoms with Gasteiger partial charge >= 0.3 is 0 Å². The molecule has 3 rings (SSSR count). The number of benzene rings is 1. The minimum atomic E-state index is 0.291. The minimum Gasteiger partial charge on any atom is -0.384 e. The van der Waals surface area contributed by atoms with E-state index >= 15 is 0 Å². The lowest BCUT2D eigenvalue weighted by atomic mass is 9.95. The Kier molecular flexibility index (Phi) is 2.43. The van der Waals surface area contributed by atoms with E-state index in [4.69, 9.17) is 0 Å². The third-order valence-corrected chi connectivity index (χ3v) is 3.83. The SMILES string of the molecule is O=C(c1ccc2c(c1)NCC2)C1CCCC1. The zero-order chi connectivity index (χ0) is 11.0. The van der Waals surface area contributed by atoms with E-state index in [1.165, 1.54) is 24.1 Å². The molecule has 0 amide bonds. The fourth-order valence-electron chi connectivity index (χ4n) is 2.87. The molecule has 16 heavy (non-hydrogen) atoms. The molecule has 1 saturated carbocycles. The molecule has 1 aromatic rings. The van der Waals surface area contributed by atoms with Gasteiger partial charge in [0, 0.05) is 23.7 Å². The van der Waals surface area contributed by atoms with Gasteiger partial charge in [-0.25, -0.2) is 0 Å². The Labute approximate surface area is 96.1 Å². The molecular formula is C14H17NO. The summed E-state index contributed by atoms with van der Waals surface area (Å²) in [6, 6.07) is 6.16. The van der Waals surface area contributed by atoms with Crippen molar-refractivity contribution in [3.63, 3.8) is 0 Å². The van der Waals surface area contributed by atoms with Crippen LogP contribution in [0.25, 0.3) is 0 Å². The number of anilines is 1. The number of hydrogen-bond donors (Lipinski definition) is 1. The van der Waals surface area contributed by atoms with Crippen molar-refractivity contribution in [1.29, 1.82) is 0 Å². The highest BCUT2D eigenvalue weighted by atomic mass is 16.1. The van der Waals surface area contributed by atoms with Crippen molar-refractivity contribution in [2.45, 2.75) is 32.1 Å². The van der Waals surface area contributed by atoms with E-state index in [2.05, 4.69) is 11.4 Å². The van der Waals surface area contributed by atoms with Gasteiger partial charge in [0.25, 0.3) is 0 Å². The Balaban J connectivity index is 1.86. The van der Waals surface area contributed by atoms with E-state index in [1.54, 1.807) is 0 Å². The summed E-state index contributed by atoms with van der Waals surface area (Å²) in [4.78, 5) is 12.2. The molecule has 0 bridgehead atoms. The van der Waals surface area contributed by atoms with Crippen LogP contribution in [0.2, 0.25) is 0 Å². The highest BCUT2D eigenvalue weighted by Gasteiger charge is 2.24. The number of fused-ring (bicyclic) bond motifs is 1. The molecule has 84 valence electrons. The lowest BCUT2D eigenvalue weighted by Crippen LogP contribution is -2.11. The first-order valence-electron chi connectivity index (χ1n) is 6.25. The highest BCUT2D eigenvalue weighted by Crippen LogP contribution is 2.30. The van der Waals surface area contributed by atoms with Crippen molar-refractivity contribution >= 4 is 11.5 Å². The van der Waals surface area contributed by atoms with Crippen molar-refractivity contribution in [3.8, 4) is 0 Å². The summed E-state index contributed by atoms with van der Waals surface area (Å²) >= 11 is 0. The molecule has 1 N–H and O–H groups in total.